The maximum absolute atomic E-state index is 4.20. The van der Waals surface area contributed by atoms with Gasteiger partial charge in [0.1, 0.15) is 0 Å². The number of rotatable bonds is 3. The van der Waals surface area contributed by atoms with Gasteiger partial charge in [0.15, 0.2) is 0 Å². The Labute approximate surface area is 122 Å². The van der Waals surface area contributed by atoms with Crippen molar-refractivity contribution < 1.29 is 0 Å². The normalized spacial score (nSPS) is 17.5. The molecule has 2 nitrogen and oxygen atoms in total. The first-order valence-electron chi connectivity index (χ1n) is 6.65. The first-order valence-corrected chi connectivity index (χ1v) is 7.44. The topological polar surface area (TPSA) is 24.9 Å². The van der Waals surface area contributed by atoms with Gasteiger partial charge >= 0.3 is 0 Å². The summed E-state index contributed by atoms with van der Waals surface area (Å²) in [4.78, 5) is 4.20. The summed E-state index contributed by atoms with van der Waals surface area (Å²) in [6, 6.07) is 9.15. The SMILES string of the molecule is Cc1ccncc1CNC1CCc2cc(Br)ccc21. The van der Waals surface area contributed by atoms with Crippen molar-refractivity contribution in [1.82, 2.24) is 10.3 Å². The molecular weight excluding hydrogens is 300 g/mol. The number of hydrogen-bond acceptors (Lipinski definition) is 2. The molecule has 0 amide bonds. The molecule has 0 saturated carbocycles. The summed E-state index contributed by atoms with van der Waals surface area (Å²) < 4.78 is 1.18. The highest BCUT2D eigenvalue weighted by atomic mass is 79.9. The quantitative estimate of drug-likeness (QED) is 0.928. The lowest BCUT2D eigenvalue weighted by Crippen LogP contribution is -2.19. The molecule has 1 aliphatic rings. The van der Waals surface area contributed by atoms with Crippen molar-refractivity contribution in [1.29, 1.82) is 0 Å². The molecule has 0 spiro atoms. The molecule has 0 aliphatic heterocycles. The van der Waals surface area contributed by atoms with Crippen LogP contribution in [0.25, 0.3) is 0 Å². The number of aromatic nitrogens is 1. The molecular formula is C16H17BrN2. The highest BCUT2D eigenvalue weighted by Crippen LogP contribution is 2.33. The number of nitrogens with one attached hydrogen (secondary N) is 1. The third-order valence-electron chi connectivity index (χ3n) is 3.87. The lowest BCUT2D eigenvalue weighted by Gasteiger charge is -2.15. The zero-order valence-corrected chi connectivity index (χ0v) is 12.6. The van der Waals surface area contributed by atoms with Crippen LogP contribution in [0.1, 0.15) is 34.7 Å². The maximum Gasteiger partial charge on any atom is 0.0329 e. The zero-order chi connectivity index (χ0) is 13.2. The molecule has 19 heavy (non-hydrogen) atoms. The van der Waals surface area contributed by atoms with E-state index in [0.717, 1.165) is 6.54 Å². The second kappa shape index (κ2) is 5.43. The van der Waals surface area contributed by atoms with E-state index < -0.39 is 0 Å². The second-order valence-corrected chi connectivity index (χ2v) is 6.03. The van der Waals surface area contributed by atoms with Crippen molar-refractivity contribution in [3.63, 3.8) is 0 Å². The number of aryl methyl sites for hydroxylation is 2. The van der Waals surface area contributed by atoms with Crippen molar-refractivity contribution in [3.8, 4) is 0 Å². The van der Waals surface area contributed by atoms with E-state index in [2.05, 4.69) is 57.4 Å². The highest BCUT2D eigenvalue weighted by Gasteiger charge is 2.21. The Morgan fingerprint density at radius 3 is 3.11 bits per heavy atom. The van der Waals surface area contributed by atoms with Gasteiger partial charge in [0.25, 0.3) is 0 Å². The first kappa shape index (κ1) is 12.8. The Morgan fingerprint density at radius 1 is 1.37 bits per heavy atom. The first-order chi connectivity index (χ1) is 9.24. The molecule has 1 aliphatic carbocycles. The van der Waals surface area contributed by atoms with Gasteiger partial charge in [-0.15, -0.1) is 0 Å². The third-order valence-corrected chi connectivity index (χ3v) is 4.36. The summed E-state index contributed by atoms with van der Waals surface area (Å²) in [6.07, 6.45) is 6.16. The fourth-order valence-electron chi connectivity index (χ4n) is 2.71. The number of pyridine rings is 1. The Morgan fingerprint density at radius 2 is 2.26 bits per heavy atom. The summed E-state index contributed by atoms with van der Waals surface area (Å²) in [5.41, 5.74) is 5.50. The van der Waals surface area contributed by atoms with E-state index >= 15 is 0 Å². The number of halogens is 1. The van der Waals surface area contributed by atoms with E-state index in [9.17, 15) is 0 Å². The minimum atomic E-state index is 0.475. The van der Waals surface area contributed by atoms with Crippen LogP contribution in [0.15, 0.2) is 41.1 Å². The summed E-state index contributed by atoms with van der Waals surface area (Å²) in [5, 5.41) is 3.66. The molecule has 1 heterocycles. The highest BCUT2D eigenvalue weighted by molar-refractivity contribution is 9.10. The molecule has 1 N–H and O–H groups in total. The molecule has 3 rings (SSSR count). The smallest absolute Gasteiger partial charge is 0.0329 e. The van der Waals surface area contributed by atoms with Gasteiger partial charge in [-0.25, -0.2) is 0 Å². The third kappa shape index (κ3) is 2.72. The molecule has 0 fully saturated rings. The van der Waals surface area contributed by atoms with Crippen LogP contribution < -0.4 is 5.32 Å². The van der Waals surface area contributed by atoms with Gasteiger partial charge in [-0.1, -0.05) is 22.0 Å². The number of fused-ring (bicyclic) bond motifs is 1. The molecule has 98 valence electrons. The number of hydrogen-bond donors (Lipinski definition) is 1. The van der Waals surface area contributed by atoms with E-state index in [1.165, 1.54) is 39.6 Å². The minimum absolute atomic E-state index is 0.475. The van der Waals surface area contributed by atoms with E-state index in [0.29, 0.717) is 6.04 Å². The van der Waals surface area contributed by atoms with Gasteiger partial charge in [0.2, 0.25) is 0 Å². The standard InChI is InChI=1S/C16H17BrN2/c1-11-6-7-18-9-13(11)10-19-16-5-2-12-8-14(17)3-4-15(12)16/h3-4,6-9,16,19H,2,5,10H2,1H3. The van der Waals surface area contributed by atoms with Gasteiger partial charge in [-0.2, -0.15) is 0 Å². The number of benzene rings is 1. The maximum atomic E-state index is 4.20. The van der Waals surface area contributed by atoms with Crippen LogP contribution in [0.5, 0.6) is 0 Å². The predicted octanol–water partition coefficient (Wildman–Crippen LogP) is 3.93. The van der Waals surface area contributed by atoms with Crippen molar-refractivity contribution in [2.75, 3.05) is 0 Å². The molecule has 0 saturated heterocycles. The van der Waals surface area contributed by atoms with Gasteiger partial charge in [-0.3, -0.25) is 4.98 Å². The average Bonchev–Trinajstić information content (AvgIpc) is 2.80. The lowest BCUT2D eigenvalue weighted by molar-refractivity contribution is 0.529. The zero-order valence-electron chi connectivity index (χ0n) is 11.0. The van der Waals surface area contributed by atoms with Gasteiger partial charge in [0, 0.05) is 29.5 Å². The average molecular weight is 317 g/mol. The molecule has 1 unspecified atom stereocenters. The summed E-state index contributed by atoms with van der Waals surface area (Å²) in [6.45, 7) is 3.03. The van der Waals surface area contributed by atoms with E-state index in [1.807, 2.05) is 12.4 Å². The van der Waals surface area contributed by atoms with Crippen LogP contribution >= 0.6 is 15.9 Å². The largest absolute Gasteiger partial charge is 0.306 e. The van der Waals surface area contributed by atoms with Crippen LogP contribution in [-0.2, 0) is 13.0 Å². The van der Waals surface area contributed by atoms with Crippen LogP contribution in [-0.4, -0.2) is 4.98 Å². The van der Waals surface area contributed by atoms with Crippen LogP contribution in [0.3, 0.4) is 0 Å². The fourth-order valence-corrected chi connectivity index (χ4v) is 3.12. The van der Waals surface area contributed by atoms with E-state index in [1.54, 1.807) is 0 Å². The van der Waals surface area contributed by atoms with Crippen molar-refractivity contribution in [3.05, 3.63) is 63.4 Å². The van der Waals surface area contributed by atoms with E-state index in [-0.39, 0.29) is 0 Å². The second-order valence-electron chi connectivity index (χ2n) is 5.12. The van der Waals surface area contributed by atoms with Gasteiger partial charge in [0.05, 0.1) is 0 Å². The lowest BCUT2D eigenvalue weighted by atomic mass is 10.1. The Bertz CT molecular complexity index is 595. The summed E-state index contributed by atoms with van der Waals surface area (Å²) >= 11 is 3.54. The Hall–Kier alpha value is -1.19. The van der Waals surface area contributed by atoms with Crippen molar-refractivity contribution in [2.45, 2.75) is 32.4 Å². The monoisotopic (exact) mass is 316 g/mol. The predicted molar refractivity (Wildman–Crippen MR) is 81.0 cm³/mol. The molecule has 2 aromatic rings. The van der Waals surface area contributed by atoms with Crippen LogP contribution in [0, 0.1) is 6.92 Å². The van der Waals surface area contributed by atoms with E-state index in [4.69, 9.17) is 0 Å². The molecule has 1 aromatic carbocycles. The Balaban J connectivity index is 1.72. The van der Waals surface area contributed by atoms with Crippen molar-refractivity contribution >= 4 is 15.9 Å². The van der Waals surface area contributed by atoms with Crippen LogP contribution in [0.4, 0.5) is 0 Å². The fraction of sp³-hybridized carbons (Fsp3) is 0.312. The summed E-state index contributed by atoms with van der Waals surface area (Å²) in [7, 11) is 0. The molecule has 0 radical (unpaired) electrons. The van der Waals surface area contributed by atoms with Crippen LogP contribution in [0.2, 0.25) is 0 Å². The molecule has 1 aromatic heterocycles. The number of nitrogens with zero attached hydrogens (tertiary/aromatic N) is 1. The summed E-state index contributed by atoms with van der Waals surface area (Å²) in [5.74, 6) is 0. The minimum Gasteiger partial charge on any atom is -0.306 e. The van der Waals surface area contributed by atoms with Gasteiger partial charge in [-0.05, 0) is 60.2 Å². The molecule has 0 bridgehead atoms. The van der Waals surface area contributed by atoms with Gasteiger partial charge < -0.3 is 5.32 Å². The molecule has 1 atom stereocenters. The van der Waals surface area contributed by atoms with Crippen molar-refractivity contribution in [2.24, 2.45) is 0 Å². The Kier molecular flexibility index (Phi) is 3.67. The molecule has 3 heteroatoms.